The quantitative estimate of drug-likeness (QED) is 0.941. The smallest absolute Gasteiger partial charge is 0.161 e. The molecule has 1 aromatic heterocycles. The first-order valence-electron chi connectivity index (χ1n) is 7.61. The van der Waals surface area contributed by atoms with E-state index in [1.54, 1.807) is 13.3 Å². The maximum Gasteiger partial charge on any atom is 0.161 e. The van der Waals surface area contributed by atoms with Crippen LogP contribution < -0.4 is 10.5 Å². The van der Waals surface area contributed by atoms with Gasteiger partial charge in [-0.3, -0.25) is 4.68 Å². The molecular formula is C17H21N3O. The monoisotopic (exact) mass is 283 g/mol. The van der Waals surface area contributed by atoms with Gasteiger partial charge in [-0.05, 0) is 41.7 Å². The molecule has 1 saturated carbocycles. The number of aromatic nitrogens is 2. The minimum atomic E-state index is -0.00592. The Labute approximate surface area is 124 Å². The summed E-state index contributed by atoms with van der Waals surface area (Å²) in [4.78, 5) is 0. The predicted molar refractivity (Wildman–Crippen MR) is 81.2 cm³/mol. The molecule has 0 radical (unpaired) electrons. The second kappa shape index (κ2) is 4.60. The van der Waals surface area contributed by atoms with Crippen molar-refractivity contribution < 1.29 is 4.74 Å². The van der Waals surface area contributed by atoms with Crippen molar-refractivity contribution in [1.82, 2.24) is 9.78 Å². The standard InChI is InChI=1S/C17H21N3O/c1-20-17(13(21-2)9-19-20)16(18)15-12-8-7-10-5-3-4-6-11(10)14(12)15/h3-6,9,12,14-16H,7-8,18H2,1-2H3. The molecule has 2 aliphatic rings. The Balaban J connectivity index is 1.66. The molecule has 0 spiro atoms. The van der Waals surface area contributed by atoms with Crippen LogP contribution in [0.2, 0.25) is 0 Å². The van der Waals surface area contributed by atoms with Crippen LogP contribution in [0.25, 0.3) is 0 Å². The third kappa shape index (κ3) is 1.82. The zero-order valence-corrected chi connectivity index (χ0v) is 12.5. The van der Waals surface area contributed by atoms with Crippen molar-refractivity contribution in [2.24, 2.45) is 24.6 Å². The molecule has 4 heteroatoms. The lowest BCUT2D eigenvalue weighted by Gasteiger charge is -2.14. The van der Waals surface area contributed by atoms with Gasteiger partial charge in [-0.25, -0.2) is 0 Å². The van der Waals surface area contributed by atoms with E-state index < -0.39 is 0 Å². The van der Waals surface area contributed by atoms with Gasteiger partial charge in [-0.15, -0.1) is 0 Å². The van der Waals surface area contributed by atoms with Crippen molar-refractivity contribution in [3.63, 3.8) is 0 Å². The van der Waals surface area contributed by atoms with Crippen LogP contribution in [0.15, 0.2) is 30.5 Å². The predicted octanol–water partition coefficient (Wildman–Crippen LogP) is 2.40. The Bertz CT molecular complexity index is 678. The van der Waals surface area contributed by atoms with E-state index in [9.17, 15) is 0 Å². The van der Waals surface area contributed by atoms with Crippen LogP contribution in [0.1, 0.15) is 35.2 Å². The van der Waals surface area contributed by atoms with Crippen LogP contribution in [0.3, 0.4) is 0 Å². The van der Waals surface area contributed by atoms with Crippen molar-refractivity contribution in [2.45, 2.75) is 24.8 Å². The summed E-state index contributed by atoms with van der Waals surface area (Å²) in [7, 11) is 3.63. The highest BCUT2D eigenvalue weighted by Crippen LogP contribution is 2.64. The van der Waals surface area contributed by atoms with Gasteiger partial charge < -0.3 is 10.5 Å². The fourth-order valence-electron chi connectivity index (χ4n) is 4.26. The van der Waals surface area contributed by atoms with E-state index in [2.05, 4.69) is 29.4 Å². The van der Waals surface area contributed by atoms with Gasteiger partial charge in [0.15, 0.2) is 5.75 Å². The molecule has 0 aliphatic heterocycles. The highest BCUT2D eigenvalue weighted by Gasteiger charge is 2.56. The van der Waals surface area contributed by atoms with Crippen molar-refractivity contribution in [3.05, 3.63) is 47.3 Å². The minimum Gasteiger partial charge on any atom is -0.493 e. The average molecular weight is 283 g/mol. The van der Waals surface area contributed by atoms with Gasteiger partial charge >= 0.3 is 0 Å². The second-order valence-electron chi connectivity index (χ2n) is 6.25. The number of benzene rings is 1. The van der Waals surface area contributed by atoms with Crippen molar-refractivity contribution in [3.8, 4) is 5.75 Å². The van der Waals surface area contributed by atoms with E-state index >= 15 is 0 Å². The summed E-state index contributed by atoms with van der Waals surface area (Å²) in [6.07, 6.45) is 4.19. The number of hydrogen-bond donors (Lipinski definition) is 1. The van der Waals surface area contributed by atoms with Gasteiger partial charge in [-0.2, -0.15) is 5.10 Å². The normalized spacial score (nSPS) is 27.7. The molecule has 0 bridgehead atoms. The summed E-state index contributed by atoms with van der Waals surface area (Å²) in [5.41, 5.74) is 10.6. The van der Waals surface area contributed by atoms with E-state index in [0.717, 1.165) is 17.4 Å². The van der Waals surface area contributed by atoms with Crippen LogP contribution >= 0.6 is 0 Å². The maximum atomic E-state index is 6.60. The number of methoxy groups -OCH3 is 1. The lowest BCUT2D eigenvalue weighted by Crippen LogP contribution is -2.18. The molecule has 4 nitrogen and oxygen atoms in total. The first-order valence-corrected chi connectivity index (χ1v) is 7.61. The van der Waals surface area contributed by atoms with Crippen LogP contribution in [-0.4, -0.2) is 16.9 Å². The van der Waals surface area contributed by atoms with Crippen molar-refractivity contribution in [2.75, 3.05) is 7.11 Å². The second-order valence-corrected chi connectivity index (χ2v) is 6.25. The molecule has 2 aromatic rings. The first-order chi connectivity index (χ1) is 10.2. The zero-order valence-electron chi connectivity index (χ0n) is 12.5. The number of nitrogens with two attached hydrogens (primary N) is 1. The Morgan fingerprint density at radius 3 is 3.00 bits per heavy atom. The number of fused-ring (bicyclic) bond motifs is 3. The Morgan fingerprint density at radius 2 is 2.19 bits per heavy atom. The Hall–Kier alpha value is -1.81. The van der Waals surface area contributed by atoms with Crippen LogP contribution in [-0.2, 0) is 13.5 Å². The summed E-state index contributed by atoms with van der Waals surface area (Å²) in [6, 6.07) is 8.82. The third-order valence-electron chi connectivity index (χ3n) is 5.29. The lowest BCUT2D eigenvalue weighted by molar-refractivity contribution is 0.396. The van der Waals surface area contributed by atoms with Gasteiger partial charge in [0.05, 0.1) is 25.0 Å². The molecule has 4 atom stereocenters. The third-order valence-corrected chi connectivity index (χ3v) is 5.29. The molecule has 4 rings (SSSR count). The lowest BCUT2D eigenvalue weighted by atomic mass is 9.92. The van der Waals surface area contributed by atoms with Crippen molar-refractivity contribution in [1.29, 1.82) is 0 Å². The van der Waals surface area contributed by atoms with Crippen molar-refractivity contribution >= 4 is 0 Å². The van der Waals surface area contributed by atoms with Crippen LogP contribution in [0.4, 0.5) is 0 Å². The molecule has 4 unspecified atom stereocenters. The number of rotatable bonds is 3. The molecule has 0 amide bonds. The van der Waals surface area contributed by atoms with E-state index in [4.69, 9.17) is 10.5 Å². The molecule has 110 valence electrons. The van der Waals surface area contributed by atoms with Gasteiger partial charge in [-0.1, -0.05) is 24.3 Å². The Kier molecular flexibility index (Phi) is 2.82. The van der Waals surface area contributed by atoms with Gasteiger partial charge in [0.2, 0.25) is 0 Å². The van der Waals surface area contributed by atoms with E-state index in [-0.39, 0.29) is 6.04 Å². The molecule has 1 fully saturated rings. The molecule has 2 N–H and O–H groups in total. The average Bonchev–Trinajstić information content (AvgIpc) is 3.14. The molecule has 2 aliphatic carbocycles. The fourth-order valence-corrected chi connectivity index (χ4v) is 4.26. The van der Waals surface area contributed by atoms with Gasteiger partial charge in [0.1, 0.15) is 0 Å². The summed E-state index contributed by atoms with van der Waals surface area (Å²) >= 11 is 0. The molecule has 1 heterocycles. The number of ether oxygens (including phenoxy) is 1. The first kappa shape index (κ1) is 12.9. The highest BCUT2D eigenvalue weighted by molar-refractivity contribution is 5.42. The Morgan fingerprint density at radius 1 is 1.38 bits per heavy atom. The zero-order chi connectivity index (χ0) is 14.6. The van der Waals surface area contributed by atoms with Crippen LogP contribution in [0.5, 0.6) is 5.75 Å². The van der Waals surface area contributed by atoms with Gasteiger partial charge in [0.25, 0.3) is 0 Å². The van der Waals surface area contributed by atoms with Crippen LogP contribution in [0, 0.1) is 11.8 Å². The van der Waals surface area contributed by atoms with E-state index in [1.807, 2.05) is 11.7 Å². The fraction of sp³-hybridized carbons (Fsp3) is 0.471. The van der Waals surface area contributed by atoms with Gasteiger partial charge in [0, 0.05) is 7.05 Å². The topological polar surface area (TPSA) is 53.1 Å². The number of aryl methyl sites for hydroxylation is 2. The summed E-state index contributed by atoms with van der Waals surface area (Å²) in [6.45, 7) is 0. The number of nitrogens with zero attached hydrogens (tertiary/aromatic N) is 2. The van der Waals surface area contributed by atoms with E-state index in [1.165, 1.54) is 24.0 Å². The molecule has 21 heavy (non-hydrogen) atoms. The highest BCUT2D eigenvalue weighted by atomic mass is 16.5. The minimum absolute atomic E-state index is 0.00592. The summed E-state index contributed by atoms with van der Waals surface area (Å²) in [5.74, 6) is 2.65. The molecular weight excluding hydrogens is 262 g/mol. The summed E-state index contributed by atoms with van der Waals surface area (Å²) < 4.78 is 7.29. The SMILES string of the molecule is COc1cnn(C)c1C(N)C1C2CCc3ccccc3C21. The maximum absolute atomic E-state index is 6.60. The van der Waals surface area contributed by atoms with E-state index in [0.29, 0.717) is 11.8 Å². The molecule has 1 aromatic carbocycles. The summed E-state index contributed by atoms with van der Waals surface area (Å²) in [5, 5.41) is 4.29. The largest absolute Gasteiger partial charge is 0.493 e. The molecule has 0 saturated heterocycles. The number of hydrogen-bond acceptors (Lipinski definition) is 3.